The van der Waals surface area contributed by atoms with Crippen molar-refractivity contribution in [2.75, 3.05) is 7.11 Å². The monoisotopic (exact) mass is 391 g/mol. The van der Waals surface area contributed by atoms with Gasteiger partial charge in [-0.2, -0.15) is 8.42 Å². The van der Waals surface area contributed by atoms with Gasteiger partial charge in [-0.05, 0) is 36.8 Å². The quantitative estimate of drug-likeness (QED) is 0.572. The molecule has 0 radical (unpaired) electrons. The second-order valence-electron chi connectivity index (χ2n) is 5.98. The van der Waals surface area contributed by atoms with Crippen LogP contribution in [-0.4, -0.2) is 33.4 Å². The molecule has 0 bridgehead atoms. The topological polar surface area (TPSA) is 98.8 Å². The van der Waals surface area contributed by atoms with Gasteiger partial charge in [0.25, 0.3) is 0 Å². The predicted octanol–water partition coefficient (Wildman–Crippen LogP) is 1.98. The highest BCUT2D eigenvalue weighted by molar-refractivity contribution is 7.87. The Kier molecular flexibility index (Phi) is 6.57. The van der Waals surface area contributed by atoms with Crippen molar-refractivity contribution in [3.8, 4) is 5.75 Å². The van der Waals surface area contributed by atoms with Crippen LogP contribution in [0.3, 0.4) is 0 Å². The average molecular weight is 391 g/mol. The molecular weight excluding hydrogens is 370 g/mol. The maximum Gasteiger partial charge on any atom is 0.339 e. The number of hydrogen-bond acceptors (Lipinski definition) is 6. The molecule has 8 heteroatoms. The van der Waals surface area contributed by atoms with E-state index in [2.05, 4.69) is 10.1 Å². The van der Waals surface area contributed by atoms with Crippen molar-refractivity contribution in [3.05, 3.63) is 59.7 Å². The minimum atomic E-state index is -3.98. The molecule has 2 aromatic carbocycles. The summed E-state index contributed by atoms with van der Waals surface area (Å²) < 4.78 is 34.7. The Hall–Kier alpha value is -2.87. The van der Waals surface area contributed by atoms with E-state index < -0.39 is 22.1 Å². The lowest BCUT2D eigenvalue weighted by Gasteiger charge is -2.16. The maximum atomic E-state index is 12.4. The first-order valence-corrected chi connectivity index (χ1v) is 9.57. The molecule has 0 aliphatic rings. The first-order chi connectivity index (χ1) is 12.7. The number of carbonyl (C=O) groups is 2. The van der Waals surface area contributed by atoms with Crippen LogP contribution in [0, 0.1) is 6.92 Å². The standard InChI is InChI=1S/C19H21NO6S/c1-13-7-9-17(10-8-13)27(23,24)26-16-6-4-5-15(11-16)12-18(19(22)25-3)20-14(2)21/h4-11,18H,12H2,1-3H3,(H,20,21)/t18-/m0/s1. The zero-order valence-electron chi connectivity index (χ0n) is 15.3. The minimum absolute atomic E-state index is 0.0455. The lowest BCUT2D eigenvalue weighted by atomic mass is 10.1. The normalized spacial score (nSPS) is 12.1. The first kappa shape index (κ1) is 20.4. The highest BCUT2D eigenvalue weighted by atomic mass is 32.2. The van der Waals surface area contributed by atoms with Gasteiger partial charge in [0.2, 0.25) is 5.91 Å². The second-order valence-corrected chi connectivity index (χ2v) is 7.52. The lowest BCUT2D eigenvalue weighted by Crippen LogP contribution is -2.41. The Morgan fingerprint density at radius 2 is 1.78 bits per heavy atom. The number of esters is 1. The summed E-state index contributed by atoms with van der Waals surface area (Å²) >= 11 is 0. The van der Waals surface area contributed by atoms with Gasteiger partial charge in [0.1, 0.15) is 16.7 Å². The van der Waals surface area contributed by atoms with Crippen LogP contribution in [0.15, 0.2) is 53.4 Å². The van der Waals surface area contributed by atoms with Crippen LogP contribution in [0.2, 0.25) is 0 Å². The third-order valence-corrected chi connectivity index (χ3v) is 4.98. The van der Waals surface area contributed by atoms with Crippen LogP contribution in [-0.2, 0) is 30.9 Å². The van der Waals surface area contributed by atoms with E-state index in [-0.39, 0.29) is 23.0 Å². The molecule has 0 spiro atoms. The molecule has 0 aromatic heterocycles. The molecule has 2 aromatic rings. The van der Waals surface area contributed by atoms with Gasteiger partial charge in [0.15, 0.2) is 0 Å². The van der Waals surface area contributed by atoms with Gasteiger partial charge >= 0.3 is 16.1 Å². The summed E-state index contributed by atoms with van der Waals surface area (Å²) in [5.74, 6) is -0.858. The molecule has 0 saturated heterocycles. The molecule has 0 saturated carbocycles. The molecule has 1 atom stereocenters. The van der Waals surface area contributed by atoms with Crippen LogP contribution in [0.25, 0.3) is 0 Å². The molecule has 7 nitrogen and oxygen atoms in total. The molecule has 144 valence electrons. The molecule has 0 unspecified atom stereocenters. The third kappa shape index (κ3) is 5.82. The van der Waals surface area contributed by atoms with Crippen molar-refractivity contribution in [1.29, 1.82) is 0 Å². The van der Waals surface area contributed by atoms with E-state index in [4.69, 9.17) is 4.18 Å². The number of hydrogen-bond donors (Lipinski definition) is 1. The molecule has 0 heterocycles. The number of ether oxygens (including phenoxy) is 1. The fourth-order valence-corrected chi connectivity index (χ4v) is 3.34. The highest BCUT2D eigenvalue weighted by Crippen LogP contribution is 2.21. The van der Waals surface area contributed by atoms with Gasteiger partial charge in [0.05, 0.1) is 7.11 Å². The van der Waals surface area contributed by atoms with Gasteiger partial charge in [-0.25, -0.2) is 4.79 Å². The summed E-state index contributed by atoms with van der Waals surface area (Å²) in [5.41, 5.74) is 1.54. The van der Waals surface area contributed by atoms with E-state index in [0.29, 0.717) is 5.56 Å². The van der Waals surface area contributed by atoms with Crippen molar-refractivity contribution in [1.82, 2.24) is 5.32 Å². The zero-order valence-corrected chi connectivity index (χ0v) is 16.1. The van der Waals surface area contributed by atoms with Crippen LogP contribution < -0.4 is 9.50 Å². The van der Waals surface area contributed by atoms with Gasteiger partial charge in [0, 0.05) is 13.3 Å². The fourth-order valence-electron chi connectivity index (χ4n) is 2.42. The number of benzene rings is 2. The summed E-state index contributed by atoms with van der Waals surface area (Å²) in [5, 5.41) is 2.51. The third-order valence-electron chi connectivity index (χ3n) is 3.72. The molecule has 2 rings (SSSR count). The fraction of sp³-hybridized carbons (Fsp3) is 0.263. The first-order valence-electron chi connectivity index (χ1n) is 8.16. The summed E-state index contributed by atoms with van der Waals surface area (Å²) in [6, 6.07) is 11.7. The van der Waals surface area contributed by atoms with E-state index in [9.17, 15) is 18.0 Å². The molecule has 0 fully saturated rings. The van der Waals surface area contributed by atoms with Gasteiger partial charge in [-0.15, -0.1) is 0 Å². The van der Waals surface area contributed by atoms with E-state index in [1.807, 2.05) is 6.92 Å². The molecule has 27 heavy (non-hydrogen) atoms. The van der Waals surface area contributed by atoms with Crippen LogP contribution >= 0.6 is 0 Å². The number of aryl methyl sites for hydroxylation is 1. The summed E-state index contributed by atoms with van der Waals surface area (Å²) in [6.45, 7) is 3.15. The smallest absolute Gasteiger partial charge is 0.339 e. The van der Waals surface area contributed by atoms with E-state index in [0.717, 1.165) is 5.56 Å². The second kappa shape index (κ2) is 8.68. The largest absolute Gasteiger partial charge is 0.467 e. The number of carbonyl (C=O) groups excluding carboxylic acids is 2. The molecular formula is C19H21NO6S. The summed E-state index contributed by atoms with van der Waals surface area (Å²) in [4.78, 5) is 23.1. The number of nitrogens with one attached hydrogen (secondary N) is 1. The lowest BCUT2D eigenvalue weighted by molar-refractivity contribution is -0.144. The summed E-state index contributed by atoms with van der Waals surface area (Å²) in [7, 11) is -2.75. The van der Waals surface area contributed by atoms with Crippen LogP contribution in [0.4, 0.5) is 0 Å². The van der Waals surface area contributed by atoms with Crippen molar-refractivity contribution < 1.29 is 26.9 Å². The molecule has 0 aliphatic carbocycles. The SMILES string of the molecule is COC(=O)[C@H](Cc1cccc(OS(=O)(=O)c2ccc(C)cc2)c1)NC(C)=O. The summed E-state index contributed by atoms with van der Waals surface area (Å²) in [6.07, 6.45) is 0.133. The van der Waals surface area contributed by atoms with Gasteiger partial charge < -0.3 is 14.2 Å². The molecule has 0 aliphatic heterocycles. The van der Waals surface area contributed by atoms with Crippen LogP contribution in [0.1, 0.15) is 18.1 Å². The Morgan fingerprint density at radius 1 is 1.11 bits per heavy atom. The molecule has 1 N–H and O–H groups in total. The average Bonchev–Trinajstić information content (AvgIpc) is 2.60. The predicted molar refractivity (Wildman–Crippen MR) is 98.8 cm³/mol. The molecule has 1 amide bonds. The number of rotatable bonds is 7. The van der Waals surface area contributed by atoms with Crippen molar-refractivity contribution >= 4 is 22.0 Å². The Morgan fingerprint density at radius 3 is 2.37 bits per heavy atom. The van der Waals surface area contributed by atoms with Gasteiger partial charge in [-0.3, -0.25) is 4.79 Å². The Bertz CT molecular complexity index is 921. The van der Waals surface area contributed by atoms with E-state index in [1.165, 1.54) is 38.3 Å². The van der Waals surface area contributed by atoms with E-state index in [1.54, 1.807) is 24.3 Å². The van der Waals surface area contributed by atoms with E-state index >= 15 is 0 Å². The zero-order chi connectivity index (χ0) is 20.0. The van der Waals surface area contributed by atoms with Crippen LogP contribution in [0.5, 0.6) is 5.75 Å². The Balaban J connectivity index is 2.20. The van der Waals surface area contributed by atoms with Crippen molar-refractivity contribution in [3.63, 3.8) is 0 Å². The van der Waals surface area contributed by atoms with Crippen molar-refractivity contribution in [2.45, 2.75) is 31.2 Å². The number of methoxy groups -OCH3 is 1. The number of amides is 1. The Labute approximate surface area is 158 Å². The van der Waals surface area contributed by atoms with Gasteiger partial charge in [-0.1, -0.05) is 29.8 Å². The van der Waals surface area contributed by atoms with Crippen molar-refractivity contribution in [2.24, 2.45) is 0 Å². The highest BCUT2D eigenvalue weighted by Gasteiger charge is 2.21. The minimum Gasteiger partial charge on any atom is -0.467 e. The maximum absolute atomic E-state index is 12.4.